The first-order valence-electron chi connectivity index (χ1n) is 5.38. The van der Waals surface area contributed by atoms with E-state index in [-0.39, 0.29) is 0 Å². The van der Waals surface area contributed by atoms with E-state index >= 15 is 0 Å². The van der Waals surface area contributed by atoms with Gasteiger partial charge in [0.05, 0.1) is 5.69 Å². The highest BCUT2D eigenvalue weighted by Crippen LogP contribution is 2.24. The number of nitrogens with one attached hydrogen (secondary N) is 1. The Kier molecular flexibility index (Phi) is 3.06. The number of aromatic nitrogens is 1. The predicted molar refractivity (Wildman–Crippen MR) is 64.2 cm³/mol. The van der Waals surface area contributed by atoms with E-state index < -0.39 is 0 Å². The van der Waals surface area contributed by atoms with Gasteiger partial charge in [-0.1, -0.05) is 12.1 Å². The Bertz CT molecular complexity index is 488. The zero-order chi connectivity index (χ0) is 11.5. The van der Waals surface area contributed by atoms with Crippen LogP contribution in [0.2, 0.25) is 0 Å². The van der Waals surface area contributed by atoms with Crippen LogP contribution in [0.3, 0.4) is 0 Å². The minimum absolute atomic E-state index is 0.700. The van der Waals surface area contributed by atoms with Crippen molar-refractivity contribution in [3.05, 3.63) is 41.3 Å². The molecule has 0 aliphatic heterocycles. The van der Waals surface area contributed by atoms with E-state index in [4.69, 9.17) is 4.42 Å². The molecule has 0 bridgehead atoms. The molecule has 0 radical (unpaired) electrons. The van der Waals surface area contributed by atoms with Gasteiger partial charge in [-0.25, -0.2) is 4.98 Å². The van der Waals surface area contributed by atoms with E-state index in [1.807, 2.05) is 19.2 Å². The van der Waals surface area contributed by atoms with Crippen molar-refractivity contribution in [3.63, 3.8) is 0 Å². The second kappa shape index (κ2) is 4.49. The summed E-state index contributed by atoms with van der Waals surface area (Å²) < 4.78 is 5.49. The van der Waals surface area contributed by atoms with Crippen LogP contribution in [0, 0.1) is 13.8 Å². The molecule has 1 aromatic heterocycles. The molecule has 0 amide bonds. The van der Waals surface area contributed by atoms with E-state index in [1.165, 1.54) is 11.1 Å². The van der Waals surface area contributed by atoms with E-state index in [0.29, 0.717) is 5.89 Å². The molecule has 1 heterocycles. The maximum Gasteiger partial charge on any atom is 0.226 e. The Morgan fingerprint density at radius 1 is 1.31 bits per heavy atom. The highest BCUT2D eigenvalue weighted by atomic mass is 16.3. The molecule has 3 heteroatoms. The van der Waals surface area contributed by atoms with Crippen LogP contribution in [0.25, 0.3) is 11.5 Å². The zero-order valence-electron chi connectivity index (χ0n) is 9.87. The topological polar surface area (TPSA) is 38.1 Å². The van der Waals surface area contributed by atoms with Crippen molar-refractivity contribution in [2.24, 2.45) is 0 Å². The molecule has 0 unspecified atom stereocenters. The highest BCUT2D eigenvalue weighted by molar-refractivity contribution is 5.60. The van der Waals surface area contributed by atoms with Crippen molar-refractivity contribution in [2.75, 3.05) is 7.05 Å². The summed E-state index contributed by atoms with van der Waals surface area (Å²) >= 11 is 0. The fourth-order valence-corrected chi connectivity index (χ4v) is 1.68. The largest absolute Gasteiger partial charge is 0.444 e. The first kappa shape index (κ1) is 10.9. The summed E-state index contributed by atoms with van der Waals surface area (Å²) in [6.45, 7) is 4.91. The van der Waals surface area contributed by atoms with Gasteiger partial charge in [0.15, 0.2) is 0 Å². The maximum atomic E-state index is 5.49. The van der Waals surface area contributed by atoms with Crippen LogP contribution in [0.1, 0.15) is 16.8 Å². The molecule has 0 spiro atoms. The lowest BCUT2D eigenvalue weighted by atomic mass is 10.0. The van der Waals surface area contributed by atoms with Crippen LogP contribution in [0.15, 0.2) is 28.9 Å². The average molecular weight is 216 g/mol. The average Bonchev–Trinajstić information content (AvgIpc) is 2.71. The molecule has 1 aromatic carbocycles. The maximum absolute atomic E-state index is 5.49. The van der Waals surface area contributed by atoms with Crippen LogP contribution in [0.5, 0.6) is 0 Å². The summed E-state index contributed by atoms with van der Waals surface area (Å²) in [4.78, 5) is 4.44. The predicted octanol–water partition coefficient (Wildman–Crippen LogP) is 2.68. The van der Waals surface area contributed by atoms with Gasteiger partial charge in [-0.3, -0.25) is 0 Å². The normalized spacial score (nSPS) is 10.7. The number of hydrogen-bond donors (Lipinski definition) is 1. The second-order valence-electron chi connectivity index (χ2n) is 3.92. The van der Waals surface area contributed by atoms with Gasteiger partial charge in [-0.15, -0.1) is 0 Å². The minimum atomic E-state index is 0.700. The Morgan fingerprint density at radius 3 is 2.88 bits per heavy atom. The van der Waals surface area contributed by atoms with Crippen LogP contribution >= 0.6 is 0 Å². The molecule has 3 nitrogen and oxygen atoms in total. The summed E-state index contributed by atoms with van der Waals surface area (Å²) in [7, 11) is 1.90. The van der Waals surface area contributed by atoms with Gasteiger partial charge in [-0.2, -0.15) is 0 Å². The van der Waals surface area contributed by atoms with Crippen LogP contribution < -0.4 is 5.32 Å². The van der Waals surface area contributed by atoms with Crippen LogP contribution in [-0.4, -0.2) is 12.0 Å². The summed E-state index contributed by atoms with van der Waals surface area (Å²) in [5.74, 6) is 0.700. The number of aryl methyl sites for hydroxylation is 1. The monoisotopic (exact) mass is 216 g/mol. The van der Waals surface area contributed by atoms with Gasteiger partial charge in [0.1, 0.15) is 6.26 Å². The van der Waals surface area contributed by atoms with Crippen molar-refractivity contribution in [3.8, 4) is 11.5 Å². The lowest BCUT2D eigenvalue weighted by molar-refractivity contribution is 0.571. The number of oxazole rings is 1. The lowest BCUT2D eigenvalue weighted by Gasteiger charge is -2.03. The Balaban J connectivity index is 2.39. The molecule has 0 atom stereocenters. The van der Waals surface area contributed by atoms with Gasteiger partial charge in [0.25, 0.3) is 0 Å². The van der Waals surface area contributed by atoms with E-state index in [2.05, 4.69) is 30.2 Å². The van der Waals surface area contributed by atoms with E-state index in [0.717, 1.165) is 17.8 Å². The molecule has 16 heavy (non-hydrogen) atoms. The molecular formula is C13H16N2O. The van der Waals surface area contributed by atoms with Gasteiger partial charge >= 0.3 is 0 Å². The summed E-state index contributed by atoms with van der Waals surface area (Å²) in [6.07, 6.45) is 1.70. The molecule has 0 saturated heterocycles. The van der Waals surface area contributed by atoms with Crippen LogP contribution in [-0.2, 0) is 6.54 Å². The Morgan fingerprint density at radius 2 is 2.12 bits per heavy atom. The fourth-order valence-electron chi connectivity index (χ4n) is 1.68. The third-order valence-corrected chi connectivity index (χ3v) is 2.74. The standard InChI is InChI=1S/C13H16N2O/c1-9-5-4-6-12(10(9)2)13-15-11(7-14-3)8-16-13/h4-6,8,14H,7H2,1-3H3. The molecule has 0 aliphatic rings. The Labute approximate surface area is 95.5 Å². The molecule has 84 valence electrons. The third-order valence-electron chi connectivity index (χ3n) is 2.74. The van der Waals surface area contributed by atoms with Crippen molar-refractivity contribution in [1.82, 2.24) is 10.3 Å². The quantitative estimate of drug-likeness (QED) is 0.857. The summed E-state index contributed by atoms with van der Waals surface area (Å²) in [6, 6.07) is 6.16. The van der Waals surface area contributed by atoms with Gasteiger partial charge in [0.2, 0.25) is 5.89 Å². The van der Waals surface area contributed by atoms with Crippen molar-refractivity contribution in [2.45, 2.75) is 20.4 Å². The Hall–Kier alpha value is -1.61. The highest BCUT2D eigenvalue weighted by Gasteiger charge is 2.09. The van der Waals surface area contributed by atoms with Crippen LogP contribution in [0.4, 0.5) is 0 Å². The van der Waals surface area contributed by atoms with Gasteiger partial charge in [-0.05, 0) is 38.1 Å². The number of benzene rings is 1. The SMILES string of the molecule is CNCc1coc(-c2cccc(C)c2C)n1. The lowest BCUT2D eigenvalue weighted by Crippen LogP contribution is -2.04. The van der Waals surface area contributed by atoms with E-state index in [1.54, 1.807) is 6.26 Å². The molecule has 2 aromatic rings. The zero-order valence-corrected chi connectivity index (χ0v) is 9.87. The summed E-state index contributed by atoms with van der Waals surface area (Å²) in [5.41, 5.74) is 4.48. The third kappa shape index (κ3) is 1.99. The minimum Gasteiger partial charge on any atom is -0.444 e. The molecular weight excluding hydrogens is 200 g/mol. The number of nitrogens with zero attached hydrogens (tertiary/aromatic N) is 1. The van der Waals surface area contributed by atoms with Crippen molar-refractivity contribution >= 4 is 0 Å². The van der Waals surface area contributed by atoms with E-state index in [9.17, 15) is 0 Å². The number of rotatable bonds is 3. The smallest absolute Gasteiger partial charge is 0.226 e. The van der Waals surface area contributed by atoms with Gasteiger partial charge < -0.3 is 9.73 Å². The summed E-state index contributed by atoms with van der Waals surface area (Å²) in [5, 5.41) is 3.05. The van der Waals surface area contributed by atoms with Gasteiger partial charge in [0, 0.05) is 12.1 Å². The van der Waals surface area contributed by atoms with Crippen molar-refractivity contribution < 1.29 is 4.42 Å². The molecule has 0 aliphatic carbocycles. The number of hydrogen-bond acceptors (Lipinski definition) is 3. The molecule has 0 saturated carbocycles. The first-order valence-corrected chi connectivity index (χ1v) is 5.38. The fraction of sp³-hybridized carbons (Fsp3) is 0.308. The van der Waals surface area contributed by atoms with Crippen molar-refractivity contribution in [1.29, 1.82) is 0 Å². The molecule has 2 rings (SSSR count). The molecule has 0 fully saturated rings. The second-order valence-corrected chi connectivity index (χ2v) is 3.92. The first-order chi connectivity index (χ1) is 7.72. The molecule has 1 N–H and O–H groups in total.